The lowest BCUT2D eigenvalue weighted by molar-refractivity contribution is -0.328. The average Bonchev–Trinajstić information content (AvgIpc) is 2.95. The van der Waals surface area contributed by atoms with Crippen molar-refractivity contribution in [2.24, 2.45) is 5.92 Å². The Bertz CT molecular complexity index is 829. The number of methoxy groups -OCH3 is 1. The van der Waals surface area contributed by atoms with Crippen LogP contribution in [0.3, 0.4) is 0 Å². The molecule has 3 aliphatic rings. The van der Waals surface area contributed by atoms with Crippen LogP contribution in [0.2, 0.25) is 0 Å². The molecule has 0 radical (unpaired) electrons. The summed E-state index contributed by atoms with van der Waals surface area (Å²) in [5.41, 5.74) is 0. The summed E-state index contributed by atoms with van der Waals surface area (Å²) in [6.45, 7) is 0.491. The standard InChI is InChI=1S/C14H24O15S2/c1-5-8(16)13(25-6(3-15)9(5)28-30(17,18)19)27-10-7-4-24-11(10)12(14(23-2)26-7)29-31(20,21)22/h5-16H,3-4H2,1-2H3,(H,17,18,19)(H,20,21,22)/p-2/t5-,6?,7?,8?,9-,10+,11-,12?,13+,14+/m1/s1. The molecule has 3 saturated heterocycles. The molecule has 3 rings (SSSR count). The van der Waals surface area contributed by atoms with Gasteiger partial charge >= 0.3 is 0 Å². The van der Waals surface area contributed by atoms with E-state index in [1.165, 1.54) is 14.0 Å². The molecule has 2 N–H and O–H groups in total. The molecule has 3 heterocycles. The first-order valence-corrected chi connectivity index (χ1v) is 11.7. The van der Waals surface area contributed by atoms with Crippen LogP contribution in [0.4, 0.5) is 0 Å². The summed E-state index contributed by atoms with van der Waals surface area (Å²) in [4.78, 5) is 0. The maximum absolute atomic E-state index is 11.1. The third-order valence-corrected chi connectivity index (χ3v) is 6.13. The molecule has 0 saturated carbocycles. The van der Waals surface area contributed by atoms with Gasteiger partial charge in [-0.1, -0.05) is 6.92 Å². The fourth-order valence-electron chi connectivity index (χ4n) is 3.81. The monoisotopic (exact) mass is 494 g/mol. The minimum Gasteiger partial charge on any atom is -0.726 e. The molecule has 182 valence electrons. The van der Waals surface area contributed by atoms with E-state index in [1.54, 1.807) is 0 Å². The maximum atomic E-state index is 11.1. The molecule has 0 amide bonds. The van der Waals surface area contributed by atoms with Gasteiger partial charge in [-0.15, -0.1) is 0 Å². The highest BCUT2D eigenvalue weighted by Crippen LogP contribution is 2.37. The number of ether oxygens (including phenoxy) is 5. The van der Waals surface area contributed by atoms with Gasteiger partial charge in [0, 0.05) is 13.0 Å². The van der Waals surface area contributed by atoms with E-state index in [0.717, 1.165) is 0 Å². The van der Waals surface area contributed by atoms with E-state index in [4.69, 9.17) is 23.7 Å². The minimum absolute atomic E-state index is 0.0874. The smallest absolute Gasteiger partial charge is 0.218 e. The number of hydrogen-bond donors (Lipinski definition) is 2. The maximum Gasteiger partial charge on any atom is 0.218 e. The Hall–Kier alpha value is -0.540. The van der Waals surface area contributed by atoms with Crippen molar-refractivity contribution in [3.05, 3.63) is 0 Å². The van der Waals surface area contributed by atoms with Gasteiger partial charge < -0.3 is 43.0 Å². The van der Waals surface area contributed by atoms with Crippen molar-refractivity contribution >= 4 is 20.8 Å². The van der Waals surface area contributed by atoms with Crippen molar-refractivity contribution in [3.63, 3.8) is 0 Å². The van der Waals surface area contributed by atoms with Crippen molar-refractivity contribution in [1.82, 2.24) is 0 Å². The largest absolute Gasteiger partial charge is 0.726 e. The summed E-state index contributed by atoms with van der Waals surface area (Å²) < 4.78 is 102. The molecule has 17 heteroatoms. The van der Waals surface area contributed by atoms with Crippen LogP contribution in [0.5, 0.6) is 0 Å². The van der Waals surface area contributed by atoms with Gasteiger partial charge in [-0.3, -0.25) is 8.37 Å². The Morgan fingerprint density at radius 2 is 1.61 bits per heavy atom. The van der Waals surface area contributed by atoms with Gasteiger partial charge in [0.2, 0.25) is 20.8 Å². The van der Waals surface area contributed by atoms with E-state index in [0.29, 0.717) is 0 Å². The Labute approximate surface area is 178 Å². The molecule has 31 heavy (non-hydrogen) atoms. The lowest BCUT2D eigenvalue weighted by Crippen LogP contribution is -2.61. The first-order valence-electron chi connectivity index (χ1n) is 9.02. The minimum atomic E-state index is -5.17. The number of hydrogen-bond acceptors (Lipinski definition) is 15. The predicted octanol–water partition coefficient (Wildman–Crippen LogP) is -3.45. The molecule has 10 atom stereocenters. The van der Waals surface area contributed by atoms with Crippen LogP contribution in [-0.4, -0.2) is 112 Å². The summed E-state index contributed by atoms with van der Waals surface area (Å²) in [5.74, 6) is -1.04. The van der Waals surface area contributed by atoms with Crippen LogP contribution in [0.15, 0.2) is 0 Å². The molecular weight excluding hydrogens is 472 g/mol. The van der Waals surface area contributed by atoms with Gasteiger partial charge in [-0.05, 0) is 0 Å². The number of aliphatic hydroxyl groups excluding tert-OH is 2. The predicted molar refractivity (Wildman–Crippen MR) is 90.3 cm³/mol. The van der Waals surface area contributed by atoms with Crippen molar-refractivity contribution in [3.8, 4) is 0 Å². The highest BCUT2D eigenvalue weighted by atomic mass is 32.3. The van der Waals surface area contributed by atoms with E-state index in [9.17, 15) is 36.2 Å². The highest BCUT2D eigenvalue weighted by molar-refractivity contribution is 7.81. The molecule has 0 aromatic heterocycles. The fraction of sp³-hybridized carbons (Fsp3) is 1.00. The summed E-state index contributed by atoms with van der Waals surface area (Å²) in [7, 11) is -9.13. The average molecular weight is 494 g/mol. The molecule has 0 spiro atoms. The third kappa shape index (κ3) is 5.69. The van der Waals surface area contributed by atoms with E-state index < -0.39 is 88.6 Å². The second kappa shape index (κ2) is 9.37. The van der Waals surface area contributed by atoms with Crippen LogP contribution >= 0.6 is 0 Å². The quantitative estimate of drug-likeness (QED) is 0.247. The molecule has 15 nitrogen and oxygen atoms in total. The van der Waals surface area contributed by atoms with Gasteiger partial charge in [-0.2, -0.15) is 0 Å². The Kier molecular flexibility index (Phi) is 7.58. The molecular formula is C14H22O15S2-2. The Balaban J connectivity index is 1.77. The van der Waals surface area contributed by atoms with E-state index in [1.807, 2.05) is 0 Å². The van der Waals surface area contributed by atoms with Crippen LogP contribution in [0, 0.1) is 5.92 Å². The molecule has 3 fully saturated rings. The number of fused-ring (bicyclic) bond motifs is 2. The zero-order valence-electron chi connectivity index (χ0n) is 16.2. The van der Waals surface area contributed by atoms with Gasteiger partial charge in [-0.25, -0.2) is 16.8 Å². The molecule has 2 bridgehead atoms. The van der Waals surface area contributed by atoms with Crippen LogP contribution < -0.4 is 0 Å². The lowest BCUT2D eigenvalue weighted by atomic mass is 9.90. The Morgan fingerprint density at radius 3 is 2.16 bits per heavy atom. The van der Waals surface area contributed by atoms with Gasteiger partial charge in [0.15, 0.2) is 18.7 Å². The fourth-order valence-corrected chi connectivity index (χ4v) is 4.86. The normalized spacial score (nSPS) is 43.8. The number of rotatable bonds is 8. The van der Waals surface area contributed by atoms with Crippen LogP contribution in [0.25, 0.3) is 0 Å². The van der Waals surface area contributed by atoms with Crippen molar-refractivity contribution < 1.29 is 68.2 Å². The molecule has 0 aliphatic carbocycles. The van der Waals surface area contributed by atoms with Gasteiger partial charge in [0.05, 0.1) is 13.2 Å². The van der Waals surface area contributed by atoms with E-state index in [-0.39, 0.29) is 6.61 Å². The lowest BCUT2D eigenvalue weighted by Gasteiger charge is -2.45. The Morgan fingerprint density at radius 1 is 1.00 bits per heavy atom. The van der Waals surface area contributed by atoms with Gasteiger partial charge in [0.25, 0.3) is 0 Å². The van der Waals surface area contributed by atoms with E-state index in [2.05, 4.69) is 8.37 Å². The SMILES string of the molecule is CO[C@H]1OC2CO[C@@H](C1OS(=O)(=O)[O-])[C@H]2O[C@@H]1OC(CO)[C@H](OS(=O)(=O)[O-])[C@H](C)C1O. The first-order chi connectivity index (χ1) is 14.3. The molecule has 0 aromatic carbocycles. The second-order valence-electron chi connectivity index (χ2n) is 7.19. The van der Waals surface area contributed by atoms with Crippen molar-refractivity contribution in [2.45, 2.75) is 62.2 Å². The van der Waals surface area contributed by atoms with E-state index >= 15 is 0 Å². The van der Waals surface area contributed by atoms with Crippen LogP contribution in [-0.2, 0) is 52.8 Å². The topological polar surface area (TPSA) is 219 Å². The molecule has 3 aliphatic heterocycles. The third-order valence-electron chi connectivity index (χ3n) is 5.22. The summed E-state index contributed by atoms with van der Waals surface area (Å²) in [5, 5.41) is 20.0. The summed E-state index contributed by atoms with van der Waals surface area (Å²) in [6, 6.07) is 0. The van der Waals surface area contributed by atoms with Crippen molar-refractivity contribution in [1.29, 1.82) is 0 Å². The summed E-state index contributed by atoms with van der Waals surface area (Å²) in [6.07, 6.45) is -11.7. The summed E-state index contributed by atoms with van der Waals surface area (Å²) >= 11 is 0. The van der Waals surface area contributed by atoms with Crippen molar-refractivity contribution in [2.75, 3.05) is 20.3 Å². The highest BCUT2D eigenvalue weighted by Gasteiger charge is 2.56. The zero-order valence-corrected chi connectivity index (χ0v) is 17.8. The number of aliphatic hydroxyl groups is 2. The molecule has 0 aromatic rings. The molecule has 4 unspecified atom stereocenters. The van der Waals surface area contributed by atoms with Crippen LogP contribution in [0.1, 0.15) is 6.92 Å². The zero-order chi connectivity index (χ0) is 23.1. The first kappa shape index (κ1) is 25.1. The second-order valence-corrected chi connectivity index (χ2v) is 9.21. The van der Waals surface area contributed by atoms with Gasteiger partial charge in [0.1, 0.15) is 36.6 Å².